The molecule has 2 aromatic carbocycles. The first-order valence-corrected chi connectivity index (χ1v) is 8.43. The number of ether oxygens (including phenoxy) is 1. The quantitative estimate of drug-likeness (QED) is 0.579. The average molecular weight is 353 g/mol. The molecule has 24 heavy (non-hydrogen) atoms. The van der Waals surface area contributed by atoms with E-state index in [1.54, 1.807) is 19.2 Å². The molecule has 0 aliphatic rings. The molecule has 0 N–H and O–H groups in total. The Kier molecular flexibility index (Phi) is 4.95. The van der Waals surface area contributed by atoms with Gasteiger partial charge in [0.1, 0.15) is 16.8 Å². The minimum Gasteiger partial charge on any atom is -0.497 e. The lowest BCUT2D eigenvalue weighted by Crippen LogP contribution is -1.84. The van der Waals surface area contributed by atoms with Gasteiger partial charge >= 0.3 is 0 Å². The van der Waals surface area contributed by atoms with Crippen LogP contribution in [-0.2, 0) is 0 Å². The normalized spacial score (nSPS) is 11.1. The van der Waals surface area contributed by atoms with Gasteiger partial charge in [-0.25, -0.2) is 4.98 Å². The zero-order chi connectivity index (χ0) is 16.9. The van der Waals surface area contributed by atoms with E-state index < -0.39 is 0 Å². The Hall–Kier alpha value is -2.61. The van der Waals surface area contributed by atoms with Crippen molar-refractivity contribution >= 4 is 34.6 Å². The molecule has 0 saturated heterocycles. The van der Waals surface area contributed by atoms with Gasteiger partial charge in [0.25, 0.3) is 0 Å². The first-order chi connectivity index (χ1) is 11.7. The molecule has 0 amide bonds. The highest BCUT2D eigenvalue weighted by Gasteiger charge is 2.09. The van der Waals surface area contributed by atoms with Crippen LogP contribution < -0.4 is 4.74 Å². The van der Waals surface area contributed by atoms with E-state index in [9.17, 15) is 5.26 Å². The smallest absolute Gasteiger partial charge is 0.134 e. The highest BCUT2D eigenvalue weighted by molar-refractivity contribution is 7.11. The van der Waals surface area contributed by atoms with Crippen molar-refractivity contribution in [2.75, 3.05) is 7.11 Å². The minimum absolute atomic E-state index is 0.530. The first-order valence-electron chi connectivity index (χ1n) is 7.17. The molecule has 5 heteroatoms. The number of methoxy groups -OCH3 is 1. The van der Waals surface area contributed by atoms with Gasteiger partial charge in [0.2, 0.25) is 0 Å². The summed E-state index contributed by atoms with van der Waals surface area (Å²) in [5.41, 5.74) is 3.27. The van der Waals surface area contributed by atoms with E-state index in [4.69, 9.17) is 16.3 Å². The molecule has 0 unspecified atom stereocenters. The van der Waals surface area contributed by atoms with Crippen LogP contribution >= 0.6 is 22.9 Å². The van der Waals surface area contributed by atoms with E-state index in [1.165, 1.54) is 11.3 Å². The molecule has 0 saturated carbocycles. The van der Waals surface area contributed by atoms with Gasteiger partial charge in [-0.2, -0.15) is 5.26 Å². The molecule has 3 rings (SSSR count). The summed E-state index contributed by atoms with van der Waals surface area (Å²) in [5.74, 6) is 0.801. The molecule has 0 fully saturated rings. The second kappa shape index (κ2) is 7.31. The van der Waals surface area contributed by atoms with Crippen LogP contribution in [0.3, 0.4) is 0 Å². The van der Waals surface area contributed by atoms with Crippen molar-refractivity contribution in [3.8, 4) is 23.1 Å². The minimum atomic E-state index is 0.530. The number of halogens is 1. The van der Waals surface area contributed by atoms with Gasteiger partial charge in [0.05, 0.1) is 18.4 Å². The van der Waals surface area contributed by atoms with Crippen molar-refractivity contribution in [2.24, 2.45) is 0 Å². The number of nitriles is 1. The molecule has 0 bridgehead atoms. The van der Waals surface area contributed by atoms with Crippen LogP contribution in [0, 0.1) is 11.3 Å². The standard InChI is InChI=1S/C19H13ClN2OS/c1-23-17-8-4-14(5-9-17)18-12-24-19(22-18)15(11-21)10-13-2-6-16(20)7-3-13/h2-10,12H,1H3. The molecule has 0 aliphatic heterocycles. The Morgan fingerprint density at radius 3 is 2.50 bits per heavy atom. The molecule has 0 aliphatic carbocycles. The highest BCUT2D eigenvalue weighted by Crippen LogP contribution is 2.28. The van der Waals surface area contributed by atoms with Crippen molar-refractivity contribution < 1.29 is 4.74 Å². The number of nitrogens with zero attached hydrogens (tertiary/aromatic N) is 2. The van der Waals surface area contributed by atoms with Crippen molar-refractivity contribution in [3.05, 3.63) is 69.5 Å². The van der Waals surface area contributed by atoms with Crippen molar-refractivity contribution in [1.29, 1.82) is 5.26 Å². The molecule has 0 atom stereocenters. The van der Waals surface area contributed by atoms with E-state index >= 15 is 0 Å². The SMILES string of the molecule is COc1ccc(-c2csc(C(C#N)=Cc3ccc(Cl)cc3)n2)cc1. The Morgan fingerprint density at radius 1 is 1.17 bits per heavy atom. The lowest BCUT2D eigenvalue weighted by Gasteiger charge is -2.00. The zero-order valence-corrected chi connectivity index (χ0v) is 14.4. The third kappa shape index (κ3) is 3.65. The summed E-state index contributed by atoms with van der Waals surface area (Å²) in [5, 5.41) is 12.8. The van der Waals surface area contributed by atoms with Crippen LogP contribution in [0.15, 0.2) is 53.9 Å². The summed E-state index contributed by atoms with van der Waals surface area (Å²) in [4.78, 5) is 4.58. The summed E-state index contributed by atoms with van der Waals surface area (Å²) in [6.45, 7) is 0. The second-order valence-corrected chi connectivity index (χ2v) is 6.28. The van der Waals surface area contributed by atoms with Crippen LogP contribution in [0.1, 0.15) is 10.6 Å². The van der Waals surface area contributed by atoms with E-state index in [-0.39, 0.29) is 0 Å². The molecular formula is C19H13ClN2OS. The molecular weight excluding hydrogens is 340 g/mol. The molecule has 0 radical (unpaired) electrons. The summed E-state index contributed by atoms with van der Waals surface area (Å²) in [6, 6.07) is 17.2. The zero-order valence-electron chi connectivity index (χ0n) is 12.9. The van der Waals surface area contributed by atoms with Gasteiger partial charge in [-0.1, -0.05) is 23.7 Å². The van der Waals surface area contributed by atoms with Crippen molar-refractivity contribution in [3.63, 3.8) is 0 Å². The molecule has 118 valence electrons. The predicted octanol–water partition coefficient (Wildman–Crippen LogP) is 5.54. The number of aromatic nitrogens is 1. The van der Waals surface area contributed by atoms with E-state index in [0.717, 1.165) is 22.6 Å². The Morgan fingerprint density at radius 2 is 1.88 bits per heavy atom. The second-order valence-electron chi connectivity index (χ2n) is 4.99. The molecule has 1 aromatic heterocycles. The Bertz CT molecular complexity index is 906. The average Bonchev–Trinajstić information content (AvgIpc) is 3.11. The summed E-state index contributed by atoms with van der Waals surface area (Å²) in [6.07, 6.45) is 1.81. The van der Waals surface area contributed by atoms with Crippen molar-refractivity contribution in [1.82, 2.24) is 4.98 Å². The van der Waals surface area contributed by atoms with E-state index in [0.29, 0.717) is 15.6 Å². The first kappa shape index (κ1) is 16.3. The maximum absolute atomic E-state index is 9.45. The van der Waals surface area contributed by atoms with Gasteiger partial charge in [-0.05, 0) is 48.0 Å². The molecule has 0 spiro atoms. The monoisotopic (exact) mass is 352 g/mol. The lowest BCUT2D eigenvalue weighted by atomic mass is 10.1. The highest BCUT2D eigenvalue weighted by atomic mass is 35.5. The molecule has 3 aromatic rings. The van der Waals surface area contributed by atoms with Gasteiger partial charge in [-0.15, -0.1) is 11.3 Å². The number of thiazole rings is 1. The van der Waals surface area contributed by atoms with E-state index in [2.05, 4.69) is 11.1 Å². The number of allylic oxidation sites excluding steroid dienone is 1. The van der Waals surface area contributed by atoms with Crippen LogP contribution in [0.5, 0.6) is 5.75 Å². The Labute approximate surface area is 149 Å². The van der Waals surface area contributed by atoms with Gasteiger partial charge < -0.3 is 4.74 Å². The molecule has 1 heterocycles. The maximum Gasteiger partial charge on any atom is 0.134 e. The topological polar surface area (TPSA) is 45.9 Å². The third-order valence-electron chi connectivity index (χ3n) is 3.42. The van der Waals surface area contributed by atoms with Crippen LogP contribution in [0.4, 0.5) is 0 Å². The van der Waals surface area contributed by atoms with Gasteiger partial charge in [0.15, 0.2) is 0 Å². The third-order valence-corrected chi connectivity index (χ3v) is 4.55. The fourth-order valence-electron chi connectivity index (χ4n) is 2.16. The van der Waals surface area contributed by atoms with Gasteiger partial charge in [-0.3, -0.25) is 0 Å². The largest absolute Gasteiger partial charge is 0.497 e. The summed E-state index contributed by atoms with van der Waals surface area (Å²) in [7, 11) is 1.64. The number of rotatable bonds is 4. The Balaban J connectivity index is 1.90. The number of benzene rings is 2. The number of hydrogen-bond donors (Lipinski definition) is 0. The van der Waals surface area contributed by atoms with Crippen molar-refractivity contribution in [2.45, 2.75) is 0 Å². The fraction of sp³-hybridized carbons (Fsp3) is 0.0526. The molecule has 3 nitrogen and oxygen atoms in total. The van der Waals surface area contributed by atoms with Crippen LogP contribution in [-0.4, -0.2) is 12.1 Å². The van der Waals surface area contributed by atoms with E-state index in [1.807, 2.05) is 47.9 Å². The maximum atomic E-state index is 9.45. The van der Waals surface area contributed by atoms with Gasteiger partial charge in [0, 0.05) is 16.0 Å². The predicted molar refractivity (Wildman–Crippen MR) is 99.0 cm³/mol. The fourth-order valence-corrected chi connectivity index (χ4v) is 3.08. The van der Waals surface area contributed by atoms with Crippen LogP contribution in [0.2, 0.25) is 5.02 Å². The van der Waals surface area contributed by atoms with Crippen LogP contribution in [0.25, 0.3) is 22.9 Å². The summed E-state index contributed by atoms with van der Waals surface area (Å²) < 4.78 is 5.16. The summed E-state index contributed by atoms with van der Waals surface area (Å²) >= 11 is 7.34. The number of hydrogen-bond acceptors (Lipinski definition) is 4. The lowest BCUT2D eigenvalue weighted by molar-refractivity contribution is 0.415.